The van der Waals surface area contributed by atoms with Crippen molar-refractivity contribution in [2.24, 2.45) is 5.73 Å². The van der Waals surface area contributed by atoms with Crippen molar-refractivity contribution in [1.82, 2.24) is 0 Å². The fraction of sp³-hybridized carbons (Fsp3) is 0.294. The lowest BCUT2D eigenvalue weighted by Crippen LogP contribution is -2.29. The Labute approximate surface area is 110 Å². The highest BCUT2D eigenvalue weighted by atomic mass is 14.6. The average molecular weight is 239 g/mol. The third-order valence-electron chi connectivity index (χ3n) is 3.37. The minimum absolute atomic E-state index is 0.180. The Morgan fingerprint density at radius 2 is 1.28 bits per heavy atom. The van der Waals surface area contributed by atoms with Crippen LogP contribution in [0, 0.1) is 0 Å². The fourth-order valence-corrected chi connectivity index (χ4v) is 2.51. The van der Waals surface area contributed by atoms with Gasteiger partial charge in [-0.25, -0.2) is 0 Å². The van der Waals surface area contributed by atoms with Gasteiger partial charge in [0.1, 0.15) is 0 Å². The molecule has 2 rings (SSSR count). The number of hydrogen-bond donors (Lipinski definition) is 1. The topological polar surface area (TPSA) is 26.0 Å². The van der Waals surface area contributed by atoms with Crippen LogP contribution in [0.2, 0.25) is 0 Å². The molecule has 0 radical (unpaired) electrons. The Morgan fingerprint density at radius 3 is 1.67 bits per heavy atom. The number of nitrogens with two attached hydrogens (primary N) is 1. The maximum Gasteiger partial charge on any atom is 0.0241 e. The number of hydrogen-bond acceptors (Lipinski definition) is 1. The third kappa shape index (κ3) is 2.99. The molecule has 0 aromatic heterocycles. The van der Waals surface area contributed by atoms with Crippen LogP contribution in [0.15, 0.2) is 60.7 Å². The monoisotopic (exact) mass is 239 g/mol. The molecule has 2 aromatic carbocycles. The van der Waals surface area contributed by atoms with Crippen LogP contribution in [-0.2, 0) is 0 Å². The van der Waals surface area contributed by atoms with Gasteiger partial charge in [-0.15, -0.1) is 0 Å². The van der Waals surface area contributed by atoms with Crippen LogP contribution in [0.5, 0.6) is 0 Å². The van der Waals surface area contributed by atoms with Gasteiger partial charge in [-0.2, -0.15) is 0 Å². The van der Waals surface area contributed by atoms with E-state index in [1.54, 1.807) is 0 Å². The molecule has 0 saturated heterocycles. The molecular formula is C17H21N. The van der Waals surface area contributed by atoms with E-state index in [0.717, 1.165) is 12.8 Å². The van der Waals surface area contributed by atoms with Gasteiger partial charge in [0.15, 0.2) is 0 Å². The quantitative estimate of drug-likeness (QED) is 0.840. The van der Waals surface area contributed by atoms with Gasteiger partial charge in [-0.3, -0.25) is 0 Å². The zero-order valence-corrected chi connectivity index (χ0v) is 10.9. The first-order chi connectivity index (χ1) is 8.83. The maximum atomic E-state index is 6.39. The summed E-state index contributed by atoms with van der Waals surface area (Å²) in [6, 6.07) is 21.3. The van der Waals surface area contributed by atoms with Gasteiger partial charge in [0.2, 0.25) is 0 Å². The first kappa shape index (κ1) is 12.8. The average Bonchev–Trinajstić information content (AvgIpc) is 2.42. The van der Waals surface area contributed by atoms with Crippen molar-refractivity contribution in [3.63, 3.8) is 0 Å². The van der Waals surface area contributed by atoms with Crippen LogP contribution in [0.25, 0.3) is 0 Å². The summed E-state index contributed by atoms with van der Waals surface area (Å²) in [7, 11) is 0. The second-order valence-corrected chi connectivity index (χ2v) is 4.75. The predicted molar refractivity (Wildman–Crippen MR) is 77.6 cm³/mol. The molecule has 0 fully saturated rings. The minimum atomic E-state index is 0.180. The highest BCUT2D eigenvalue weighted by Crippen LogP contribution is 2.28. The standard InChI is InChI=1S/C17H21N/c1-2-9-16(18)17(14-10-5-3-6-11-14)15-12-7-4-8-13-15/h3-8,10-13,16-17H,2,9,18H2,1H3/t16-/m0/s1. The molecule has 0 saturated carbocycles. The number of rotatable bonds is 5. The highest BCUT2D eigenvalue weighted by molar-refractivity contribution is 5.34. The van der Waals surface area contributed by atoms with Gasteiger partial charge >= 0.3 is 0 Å². The number of benzene rings is 2. The molecule has 2 aromatic rings. The van der Waals surface area contributed by atoms with Gasteiger partial charge < -0.3 is 5.73 Å². The Balaban J connectivity index is 2.35. The maximum absolute atomic E-state index is 6.39. The van der Waals surface area contributed by atoms with Crippen molar-refractivity contribution in [3.8, 4) is 0 Å². The molecule has 0 aliphatic heterocycles. The van der Waals surface area contributed by atoms with Gasteiger partial charge in [-0.1, -0.05) is 74.0 Å². The summed E-state index contributed by atoms with van der Waals surface area (Å²) in [5.74, 6) is 0.298. The Hall–Kier alpha value is -1.60. The van der Waals surface area contributed by atoms with Crippen molar-refractivity contribution < 1.29 is 0 Å². The lowest BCUT2D eigenvalue weighted by atomic mass is 9.84. The summed E-state index contributed by atoms with van der Waals surface area (Å²) in [5.41, 5.74) is 9.01. The van der Waals surface area contributed by atoms with E-state index in [2.05, 4.69) is 67.6 Å². The SMILES string of the molecule is CCC[C@H](N)C(c1ccccc1)c1ccccc1. The smallest absolute Gasteiger partial charge is 0.0241 e. The van der Waals surface area contributed by atoms with Crippen molar-refractivity contribution in [3.05, 3.63) is 71.8 Å². The molecule has 0 amide bonds. The molecule has 0 bridgehead atoms. The summed E-state index contributed by atoms with van der Waals surface area (Å²) in [4.78, 5) is 0. The van der Waals surface area contributed by atoms with Gasteiger partial charge in [0.25, 0.3) is 0 Å². The van der Waals surface area contributed by atoms with Crippen molar-refractivity contribution in [1.29, 1.82) is 0 Å². The Morgan fingerprint density at radius 1 is 0.833 bits per heavy atom. The molecule has 0 unspecified atom stereocenters. The van der Waals surface area contributed by atoms with Crippen LogP contribution in [0.3, 0.4) is 0 Å². The van der Waals surface area contributed by atoms with Crippen LogP contribution >= 0.6 is 0 Å². The van der Waals surface area contributed by atoms with E-state index in [1.165, 1.54) is 11.1 Å². The van der Waals surface area contributed by atoms with E-state index >= 15 is 0 Å². The normalized spacial score (nSPS) is 12.6. The van der Waals surface area contributed by atoms with E-state index in [0.29, 0.717) is 5.92 Å². The second-order valence-electron chi connectivity index (χ2n) is 4.75. The first-order valence-corrected chi connectivity index (χ1v) is 6.68. The van der Waals surface area contributed by atoms with Crippen molar-refractivity contribution in [2.45, 2.75) is 31.7 Å². The zero-order valence-electron chi connectivity index (χ0n) is 10.9. The van der Waals surface area contributed by atoms with E-state index < -0.39 is 0 Å². The lowest BCUT2D eigenvalue weighted by Gasteiger charge is -2.24. The summed E-state index contributed by atoms with van der Waals surface area (Å²) in [6.07, 6.45) is 2.17. The van der Waals surface area contributed by atoms with Crippen LogP contribution < -0.4 is 5.73 Å². The predicted octanol–water partition coefficient (Wildman–Crippen LogP) is 3.95. The largest absolute Gasteiger partial charge is 0.327 e. The zero-order chi connectivity index (χ0) is 12.8. The van der Waals surface area contributed by atoms with E-state index in [-0.39, 0.29) is 6.04 Å². The van der Waals surface area contributed by atoms with Gasteiger partial charge in [0, 0.05) is 12.0 Å². The Kier molecular flexibility index (Phi) is 4.54. The van der Waals surface area contributed by atoms with E-state index in [4.69, 9.17) is 5.73 Å². The van der Waals surface area contributed by atoms with Crippen molar-refractivity contribution >= 4 is 0 Å². The molecule has 0 heterocycles. The summed E-state index contributed by atoms with van der Waals surface area (Å²) < 4.78 is 0. The molecule has 1 atom stereocenters. The van der Waals surface area contributed by atoms with E-state index in [1.807, 2.05) is 0 Å². The molecule has 0 aliphatic rings. The Bertz CT molecular complexity index is 410. The van der Waals surface area contributed by atoms with Crippen LogP contribution in [-0.4, -0.2) is 6.04 Å². The lowest BCUT2D eigenvalue weighted by molar-refractivity contribution is 0.544. The minimum Gasteiger partial charge on any atom is -0.327 e. The first-order valence-electron chi connectivity index (χ1n) is 6.68. The van der Waals surface area contributed by atoms with Gasteiger partial charge in [0.05, 0.1) is 0 Å². The molecule has 1 nitrogen and oxygen atoms in total. The molecule has 0 aliphatic carbocycles. The molecule has 1 heteroatoms. The molecule has 18 heavy (non-hydrogen) atoms. The fourth-order valence-electron chi connectivity index (χ4n) is 2.51. The van der Waals surface area contributed by atoms with Crippen LogP contribution in [0.1, 0.15) is 36.8 Å². The van der Waals surface area contributed by atoms with E-state index in [9.17, 15) is 0 Å². The second kappa shape index (κ2) is 6.36. The molecule has 94 valence electrons. The van der Waals surface area contributed by atoms with Crippen LogP contribution in [0.4, 0.5) is 0 Å². The molecule has 2 N–H and O–H groups in total. The summed E-state index contributed by atoms with van der Waals surface area (Å²) >= 11 is 0. The van der Waals surface area contributed by atoms with Crippen molar-refractivity contribution in [2.75, 3.05) is 0 Å². The third-order valence-corrected chi connectivity index (χ3v) is 3.37. The summed E-state index contributed by atoms with van der Waals surface area (Å²) in [5, 5.41) is 0. The summed E-state index contributed by atoms with van der Waals surface area (Å²) in [6.45, 7) is 2.19. The highest BCUT2D eigenvalue weighted by Gasteiger charge is 2.20. The molecular weight excluding hydrogens is 218 g/mol. The molecule has 0 spiro atoms. The van der Waals surface area contributed by atoms with Gasteiger partial charge in [-0.05, 0) is 17.5 Å².